The van der Waals surface area contributed by atoms with Crippen LogP contribution in [0.1, 0.15) is 13.8 Å². The van der Waals surface area contributed by atoms with Crippen molar-refractivity contribution in [1.29, 1.82) is 0 Å². The Labute approximate surface area is 97.8 Å². The summed E-state index contributed by atoms with van der Waals surface area (Å²) in [5, 5.41) is 0. The molecule has 0 aromatic heterocycles. The van der Waals surface area contributed by atoms with Crippen LogP contribution in [0.2, 0.25) is 0 Å². The molecule has 70 valence electrons. The second-order valence-electron chi connectivity index (χ2n) is 3.59. The van der Waals surface area contributed by atoms with Crippen molar-refractivity contribution in [1.82, 2.24) is 0 Å². The largest absolute Gasteiger partial charge is 0.674 e. The zero-order chi connectivity index (χ0) is 8.65. The third kappa shape index (κ3) is 3.03. The van der Waals surface area contributed by atoms with Crippen LogP contribution in [0.25, 0.3) is 5.73 Å². The summed E-state index contributed by atoms with van der Waals surface area (Å²) in [4.78, 5) is 0. The third-order valence-corrected chi connectivity index (χ3v) is 4.01. The van der Waals surface area contributed by atoms with E-state index in [9.17, 15) is 8.42 Å². The Morgan fingerprint density at radius 3 is 2.00 bits per heavy atom. The summed E-state index contributed by atoms with van der Waals surface area (Å²) in [6, 6.07) is -0.389. The normalized spacial score (nSPS) is 33.3. The minimum atomic E-state index is -2.88. The molecule has 3 nitrogen and oxygen atoms in total. The Balaban J connectivity index is 0.00000121. The van der Waals surface area contributed by atoms with E-state index in [2.05, 4.69) is 0 Å². The Hall–Kier alpha value is 0.962. The third-order valence-electron chi connectivity index (χ3n) is 2.25. The van der Waals surface area contributed by atoms with Gasteiger partial charge in [-0.3, -0.25) is 0 Å². The summed E-state index contributed by atoms with van der Waals surface area (Å²) in [5.74, 6) is 0.657. The van der Waals surface area contributed by atoms with Gasteiger partial charge >= 0.3 is 0 Å². The van der Waals surface area contributed by atoms with Crippen LogP contribution in [0, 0.1) is 42.9 Å². The molecule has 0 aliphatic carbocycles. The van der Waals surface area contributed by atoms with E-state index in [0.29, 0.717) is 5.92 Å². The molecule has 0 aromatic carbocycles. The number of sulfone groups is 1. The van der Waals surface area contributed by atoms with Crippen molar-refractivity contribution in [3.05, 3.63) is 5.73 Å². The average molecular weight is 414 g/mol. The zero-order valence-electron chi connectivity index (χ0n) is 7.37. The van der Waals surface area contributed by atoms with Crippen LogP contribution in [0.5, 0.6) is 0 Å². The molecule has 0 bridgehead atoms. The van der Waals surface area contributed by atoms with Gasteiger partial charge in [0.25, 0.3) is 0 Å². The van der Waals surface area contributed by atoms with Crippen molar-refractivity contribution in [3.63, 3.8) is 0 Å². The molecule has 2 atom stereocenters. The van der Waals surface area contributed by atoms with Gasteiger partial charge in [0.1, 0.15) is 9.84 Å². The molecule has 0 saturated carbocycles. The standard InChI is InChI=1S/C7H14NO2S.U/c1-5(2)6-3-11(9,10)4-7(6)8;/h5-8H,3-4H2,1-2H3;/q-1;. The van der Waals surface area contributed by atoms with Gasteiger partial charge in [-0.2, -0.15) is 0 Å². The van der Waals surface area contributed by atoms with Gasteiger partial charge in [-0.25, -0.2) is 8.42 Å². The van der Waals surface area contributed by atoms with Crippen molar-refractivity contribution in [2.75, 3.05) is 11.5 Å². The first-order valence-electron chi connectivity index (χ1n) is 3.84. The van der Waals surface area contributed by atoms with Gasteiger partial charge < -0.3 is 5.73 Å². The van der Waals surface area contributed by atoms with E-state index in [1.54, 1.807) is 0 Å². The molecule has 1 fully saturated rings. The van der Waals surface area contributed by atoms with Crippen LogP contribution in [-0.2, 0) is 9.84 Å². The molecule has 0 amide bonds. The first-order valence-corrected chi connectivity index (χ1v) is 5.66. The first kappa shape index (κ1) is 13.0. The quantitative estimate of drug-likeness (QED) is 0.646. The molecule has 1 heterocycles. The Morgan fingerprint density at radius 2 is 1.83 bits per heavy atom. The summed E-state index contributed by atoms with van der Waals surface area (Å²) in [6.07, 6.45) is 0. The van der Waals surface area contributed by atoms with E-state index in [1.807, 2.05) is 13.8 Å². The number of hydrogen-bond acceptors (Lipinski definition) is 2. The van der Waals surface area contributed by atoms with E-state index in [1.165, 1.54) is 0 Å². The molecular formula is C7H14NO2SU-. The first-order chi connectivity index (χ1) is 4.92. The van der Waals surface area contributed by atoms with E-state index in [4.69, 9.17) is 5.73 Å². The predicted molar refractivity (Wildman–Crippen MR) is 45.1 cm³/mol. The number of hydrogen-bond donors (Lipinski definition) is 0. The summed E-state index contributed by atoms with van der Waals surface area (Å²) < 4.78 is 22.1. The fraction of sp³-hybridized carbons (Fsp3) is 1.00. The summed E-state index contributed by atoms with van der Waals surface area (Å²) in [6.45, 7) is 3.96. The van der Waals surface area contributed by atoms with Gasteiger partial charge in [0.05, 0.1) is 5.75 Å². The minimum absolute atomic E-state index is 0. The van der Waals surface area contributed by atoms with Crippen molar-refractivity contribution in [2.45, 2.75) is 19.9 Å². The average Bonchev–Trinajstić information content (AvgIpc) is 2.05. The summed E-state index contributed by atoms with van der Waals surface area (Å²) in [7, 11) is -2.88. The minimum Gasteiger partial charge on any atom is -0.674 e. The molecule has 1 aliphatic rings. The molecule has 1 rings (SSSR count). The zero-order valence-corrected chi connectivity index (χ0v) is 12.4. The topological polar surface area (TPSA) is 57.9 Å². The molecule has 12 heavy (non-hydrogen) atoms. The van der Waals surface area contributed by atoms with E-state index >= 15 is 0 Å². The van der Waals surface area contributed by atoms with Crippen LogP contribution in [-0.4, -0.2) is 26.0 Å². The van der Waals surface area contributed by atoms with Crippen molar-refractivity contribution in [3.8, 4) is 0 Å². The molecule has 5 heteroatoms. The van der Waals surface area contributed by atoms with E-state index in [-0.39, 0.29) is 54.6 Å². The SMILES string of the molecule is CC(C)C1CS(=O)(=O)CC1[NH-].[U]. The molecule has 0 spiro atoms. The predicted octanol–water partition coefficient (Wildman–Crippen LogP) is 1.11. The summed E-state index contributed by atoms with van der Waals surface area (Å²) >= 11 is 0. The fourth-order valence-corrected chi connectivity index (χ4v) is 3.67. The number of nitrogens with one attached hydrogen (secondary N) is 1. The van der Waals surface area contributed by atoms with Crippen LogP contribution >= 0.6 is 0 Å². The van der Waals surface area contributed by atoms with Gasteiger partial charge in [0.15, 0.2) is 0 Å². The van der Waals surface area contributed by atoms with Crippen molar-refractivity contribution >= 4 is 9.84 Å². The van der Waals surface area contributed by atoms with Gasteiger partial charge in [-0.05, 0) is 11.8 Å². The van der Waals surface area contributed by atoms with Crippen LogP contribution in [0.15, 0.2) is 0 Å². The number of rotatable bonds is 1. The van der Waals surface area contributed by atoms with Crippen molar-refractivity contribution < 1.29 is 39.5 Å². The van der Waals surface area contributed by atoms with Gasteiger partial charge in [-0.1, -0.05) is 13.8 Å². The molecule has 0 radical (unpaired) electrons. The van der Waals surface area contributed by atoms with Crippen molar-refractivity contribution in [2.24, 2.45) is 11.8 Å². The van der Waals surface area contributed by atoms with Crippen LogP contribution in [0.4, 0.5) is 0 Å². The summed E-state index contributed by atoms with van der Waals surface area (Å²) in [5.41, 5.74) is 7.50. The van der Waals surface area contributed by atoms with Crippen LogP contribution < -0.4 is 0 Å². The Bertz CT molecular complexity index is 238. The van der Waals surface area contributed by atoms with Gasteiger partial charge in [0.2, 0.25) is 0 Å². The monoisotopic (exact) mass is 414 g/mol. The molecule has 1 saturated heterocycles. The second-order valence-corrected chi connectivity index (χ2v) is 5.75. The molecule has 0 aromatic rings. The fourth-order valence-electron chi connectivity index (χ4n) is 1.53. The maximum atomic E-state index is 11.0. The smallest absolute Gasteiger partial charge is 0.149 e. The molecule has 1 aliphatic heterocycles. The van der Waals surface area contributed by atoms with Gasteiger partial charge in [-0.15, -0.1) is 6.04 Å². The van der Waals surface area contributed by atoms with Crippen LogP contribution in [0.3, 0.4) is 0 Å². The molecular weight excluding hydrogens is 400 g/mol. The second kappa shape index (κ2) is 4.46. The van der Waals surface area contributed by atoms with E-state index in [0.717, 1.165) is 0 Å². The molecule has 2 unspecified atom stereocenters. The maximum absolute atomic E-state index is 11.0. The Morgan fingerprint density at radius 1 is 1.33 bits per heavy atom. The molecule has 1 N–H and O–H groups in total. The maximum Gasteiger partial charge on any atom is 0.149 e. The van der Waals surface area contributed by atoms with E-state index < -0.39 is 9.84 Å². The Kier molecular flexibility index (Phi) is 4.81. The van der Waals surface area contributed by atoms with Gasteiger partial charge in [0, 0.05) is 36.9 Å².